The van der Waals surface area contributed by atoms with Crippen molar-refractivity contribution in [2.75, 3.05) is 5.32 Å². The van der Waals surface area contributed by atoms with Crippen molar-refractivity contribution in [3.05, 3.63) is 27.3 Å². The number of thiocarbonyl (C=S) groups is 1. The minimum Gasteiger partial charge on any atom is -0.332 e. The zero-order valence-electron chi connectivity index (χ0n) is 15.2. The number of rotatable bonds is 3. The van der Waals surface area contributed by atoms with Gasteiger partial charge < -0.3 is 10.6 Å². The number of alkyl halides is 3. The van der Waals surface area contributed by atoms with Crippen LogP contribution in [0.15, 0.2) is 18.2 Å². The molecule has 4 bridgehead atoms. The van der Waals surface area contributed by atoms with E-state index in [-0.39, 0.29) is 22.1 Å². The van der Waals surface area contributed by atoms with E-state index in [0.29, 0.717) is 9.99 Å². The summed E-state index contributed by atoms with van der Waals surface area (Å²) in [5.74, 6) is 2.03. The van der Waals surface area contributed by atoms with Gasteiger partial charge in [0.05, 0.1) is 11.3 Å². The second kappa shape index (κ2) is 7.41. The van der Waals surface area contributed by atoms with E-state index in [2.05, 4.69) is 10.6 Å². The molecular formula is C20H22F3IN2OS. The van der Waals surface area contributed by atoms with Gasteiger partial charge in [0.2, 0.25) is 5.91 Å². The highest BCUT2D eigenvalue weighted by molar-refractivity contribution is 14.1. The largest absolute Gasteiger partial charge is 0.418 e. The second-order valence-corrected chi connectivity index (χ2v) is 10.4. The van der Waals surface area contributed by atoms with Gasteiger partial charge in [0, 0.05) is 9.99 Å². The van der Waals surface area contributed by atoms with Gasteiger partial charge in [-0.25, -0.2) is 0 Å². The summed E-state index contributed by atoms with van der Waals surface area (Å²) in [5, 5.41) is 5.09. The van der Waals surface area contributed by atoms with Gasteiger partial charge in [-0.05, 0) is 115 Å². The molecule has 0 spiro atoms. The van der Waals surface area contributed by atoms with Crippen LogP contribution in [0.5, 0.6) is 0 Å². The monoisotopic (exact) mass is 522 g/mol. The number of nitrogens with one attached hydrogen (secondary N) is 2. The minimum atomic E-state index is -4.50. The Labute approximate surface area is 181 Å². The van der Waals surface area contributed by atoms with E-state index in [1.165, 1.54) is 25.3 Å². The Bertz CT molecular complexity index is 776. The molecule has 2 N–H and O–H groups in total. The van der Waals surface area contributed by atoms with Crippen molar-refractivity contribution in [2.45, 2.75) is 51.1 Å². The first-order valence-corrected chi connectivity index (χ1v) is 11.1. The number of halogens is 4. The highest BCUT2D eigenvalue weighted by Crippen LogP contribution is 2.61. The molecule has 28 heavy (non-hydrogen) atoms. The summed E-state index contributed by atoms with van der Waals surface area (Å²) >= 11 is 6.96. The summed E-state index contributed by atoms with van der Waals surface area (Å²) in [7, 11) is 0. The van der Waals surface area contributed by atoms with Crippen LogP contribution in [-0.2, 0) is 11.0 Å². The van der Waals surface area contributed by atoms with E-state index >= 15 is 0 Å². The summed E-state index contributed by atoms with van der Waals surface area (Å²) < 4.78 is 40.2. The van der Waals surface area contributed by atoms with Crippen molar-refractivity contribution < 1.29 is 18.0 Å². The van der Waals surface area contributed by atoms with Crippen LogP contribution in [0.2, 0.25) is 0 Å². The van der Waals surface area contributed by atoms with Gasteiger partial charge >= 0.3 is 6.18 Å². The Kier molecular flexibility index (Phi) is 5.39. The average molecular weight is 522 g/mol. The molecule has 4 fully saturated rings. The van der Waals surface area contributed by atoms with Crippen LogP contribution in [0.1, 0.15) is 50.5 Å². The first-order chi connectivity index (χ1) is 13.1. The average Bonchev–Trinajstić information content (AvgIpc) is 2.53. The molecule has 5 rings (SSSR count). The van der Waals surface area contributed by atoms with E-state index < -0.39 is 11.7 Å². The molecule has 0 saturated heterocycles. The maximum atomic E-state index is 13.3. The highest BCUT2D eigenvalue weighted by atomic mass is 127. The van der Waals surface area contributed by atoms with E-state index in [0.717, 1.165) is 43.1 Å². The predicted molar refractivity (Wildman–Crippen MR) is 114 cm³/mol. The topological polar surface area (TPSA) is 41.1 Å². The molecule has 1 aromatic rings. The fourth-order valence-electron chi connectivity index (χ4n) is 6.03. The van der Waals surface area contributed by atoms with Crippen molar-refractivity contribution in [3.8, 4) is 0 Å². The summed E-state index contributed by atoms with van der Waals surface area (Å²) in [6.45, 7) is 0. The Morgan fingerprint density at radius 1 is 1.14 bits per heavy atom. The lowest BCUT2D eigenvalue weighted by Gasteiger charge is -2.56. The molecule has 4 saturated carbocycles. The standard InChI is InChI=1S/C20H22F3IN2OS/c21-20(22,23)15-6-14(24)1-2-16(15)25-18(28)26-17(27)10-19-7-11-3-12(8-19)5-13(4-11)9-19/h1-2,6,11-13H,3-5,7-10H2,(H2,25,26,27,28). The van der Waals surface area contributed by atoms with Crippen molar-refractivity contribution >= 4 is 51.5 Å². The van der Waals surface area contributed by atoms with Crippen LogP contribution in [0, 0.1) is 26.7 Å². The second-order valence-electron chi connectivity index (χ2n) is 8.78. The first kappa shape index (κ1) is 20.4. The highest BCUT2D eigenvalue weighted by Gasteiger charge is 2.51. The molecule has 1 aromatic carbocycles. The number of anilines is 1. The summed E-state index contributed by atoms with van der Waals surface area (Å²) in [4.78, 5) is 12.6. The lowest BCUT2D eigenvalue weighted by molar-refractivity contribution is -0.137. The van der Waals surface area contributed by atoms with Gasteiger partial charge in [-0.1, -0.05) is 0 Å². The molecule has 4 aliphatic carbocycles. The van der Waals surface area contributed by atoms with Crippen molar-refractivity contribution in [1.29, 1.82) is 0 Å². The smallest absolute Gasteiger partial charge is 0.332 e. The van der Waals surface area contributed by atoms with Gasteiger partial charge in [-0.3, -0.25) is 4.79 Å². The SMILES string of the molecule is O=C(CC12CC3CC(CC(C3)C1)C2)NC(=S)Nc1ccc(I)cc1C(F)(F)F. The fraction of sp³-hybridized carbons (Fsp3) is 0.600. The Morgan fingerprint density at radius 3 is 2.25 bits per heavy atom. The third-order valence-electron chi connectivity index (χ3n) is 6.49. The van der Waals surface area contributed by atoms with Gasteiger partial charge in [-0.15, -0.1) is 0 Å². The molecule has 0 aliphatic heterocycles. The predicted octanol–water partition coefficient (Wildman–Crippen LogP) is 5.73. The zero-order valence-corrected chi connectivity index (χ0v) is 18.2. The molecule has 0 heterocycles. The van der Waals surface area contributed by atoms with Crippen molar-refractivity contribution in [2.24, 2.45) is 23.2 Å². The maximum Gasteiger partial charge on any atom is 0.418 e. The Hall–Kier alpha value is -0.900. The van der Waals surface area contributed by atoms with E-state index in [9.17, 15) is 18.0 Å². The van der Waals surface area contributed by atoms with Crippen LogP contribution in [0.25, 0.3) is 0 Å². The molecular weight excluding hydrogens is 500 g/mol. The van der Waals surface area contributed by atoms with Crippen LogP contribution < -0.4 is 10.6 Å². The molecule has 3 nitrogen and oxygen atoms in total. The summed E-state index contributed by atoms with van der Waals surface area (Å²) in [6, 6.07) is 3.96. The van der Waals surface area contributed by atoms with Crippen LogP contribution in [0.4, 0.5) is 18.9 Å². The lowest BCUT2D eigenvalue weighted by Crippen LogP contribution is -2.48. The van der Waals surface area contributed by atoms with E-state index in [1.807, 2.05) is 22.6 Å². The lowest BCUT2D eigenvalue weighted by atomic mass is 9.49. The minimum absolute atomic E-state index is 0.0639. The van der Waals surface area contributed by atoms with Crippen LogP contribution in [0.3, 0.4) is 0 Å². The normalized spacial score (nSPS) is 30.9. The first-order valence-electron chi connectivity index (χ1n) is 9.59. The third kappa shape index (κ3) is 4.32. The Morgan fingerprint density at radius 2 is 1.71 bits per heavy atom. The molecule has 0 atom stereocenters. The number of hydrogen-bond donors (Lipinski definition) is 2. The van der Waals surface area contributed by atoms with Gasteiger partial charge in [0.15, 0.2) is 5.11 Å². The number of carbonyl (C=O) groups excluding carboxylic acids is 1. The van der Waals surface area contributed by atoms with Crippen LogP contribution >= 0.6 is 34.8 Å². The molecule has 0 radical (unpaired) electrons. The van der Waals surface area contributed by atoms with E-state index in [4.69, 9.17) is 12.2 Å². The van der Waals surface area contributed by atoms with Gasteiger partial charge in [-0.2, -0.15) is 13.2 Å². The van der Waals surface area contributed by atoms with Crippen molar-refractivity contribution in [3.63, 3.8) is 0 Å². The van der Waals surface area contributed by atoms with Crippen LogP contribution in [-0.4, -0.2) is 11.0 Å². The third-order valence-corrected chi connectivity index (χ3v) is 7.36. The zero-order chi connectivity index (χ0) is 20.1. The number of amides is 1. The van der Waals surface area contributed by atoms with E-state index in [1.54, 1.807) is 6.07 Å². The molecule has 0 aromatic heterocycles. The number of hydrogen-bond acceptors (Lipinski definition) is 2. The quantitative estimate of drug-likeness (QED) is 0.394. The molecule has 8 heteroatoms. The summed E-state index contributed by atoms with van der Waals surface area (Å²) in [6.07, 6.45) is 3.11. The number of benzene rings is 1. The molecule has 152 valence electrons. The maximum absolute atomic E-state index is 13.3. The van der Waals surface area contributed by atoms with Crippen molar-refractivity contribution in [1.82, 2.24) is 5.32 Å². The van der Waals surface area contributed by atoms with Gasteiger partial charge in [0.1, 0.15) is 0 Å². The summed E-state index contributed by atoms with van der Waals surface area (Å²) in [5.41, 5.74) is -0.876. The van der Waals surface area contributed by atoms with Gasteiger partial charge in [0.25, 0.3) is 0 Å². The molecule has 4 aliphatic rings. The fourth-order valence-corrected chi connectivity index (χ4v) is 6.75. The molecule has 0 unspecified atom stereocenters. The molecule has 1 amide bonds. The Balaban J connectivity index is 1.39. The number of carbonyl (C=O) groups is 1.